The van der Waals surface area contributed by atoms with E-state index < -0.39 is 0 Å². The Bertz CT molecular complexity index is 389. The molecule has 1 fully saturated rings. The van der Waals surface area contributed by atoms with Crippen LogP contribution in [-0.4, -0.2) is 38.8 Å². The van der Waals surface area contributed by atoms with Crippen molar-refractivity contribution >= 4 is 21.8 Å². The smallest absolute Gasteiger partial charge is 0.274 e. The fraction of sp³-hybridized carbons (Fsp3) is 0.667. The van der Waals surface area contributed by atoms with Crippen LogP contribution in [0.3, 0.4) is 0 Å². The third-order valence-electron chi connectivity index (χ3n) is 3.25. The SMILES string of the molecule is Cn1cnc(C(=O)N2CCCC(CCBr)C2)c1. The van der Waals surface area contributed by atoms with Crippen molar-refractivity contribution in [3.8, 4) is 0 Å². The molecule has 2 rings (SSSR count). The largest absolute Gasteiger partial charge is 0.340 e. The molecule has 0 radical (unpaired) electrons. The number of halogens is 1. The molecular weight excluding hydrogens is 282 g/mol. The standard InChI is InChI=1S/C12H18BrN3O/c1-15-8-11(14-9-15)12(17)16-6-2-3-10(7-16)4-5-13/h8-10H,2-7H2,1H3. The molecule has 1 aromatic rings. The summed E-state index contributed by atoms with van der Waals surface area (Å²) >= 11 is 3.47. The molecule has 0 N–H and O–H groups in total. The van der Waals surface area contributed by atoms with Gasteiger partial charge in [0.2, 0.25) is 0 Å². The molecule has 0 spiro atoms. The quantitative estimate of drug-likeness (QED) is 0.801. The van der Waals surface area contributed by atoms with Gasteiger partial charge in [-0.25, -0.2) is 4.98 Å². The predicted molar refractivity (Wildman–Crippen MR) is 70.2 cm³/mol. The summed E-state index contributed by atoms with van der Waals surface area (Å²) in [5, 5.41) is 1.02. The minimum atomic E-state index is 0.0740. The number of carbonyl (C=O) groups is 1. The lowest BCUT2D eigenvalue weighted by atomic mass is 9.95. The van der Waals surface area contributed by atoms with Crippen LogP contribution >= 0.6 is 15.9 Å². The molecule has 1 atom stereocenters. The second-order valence-electron chi connectivity index (χ2n) is 4.66. The molecule has 5 heteroatoms. The van der Waals surface area contributed by atoms with E-state index in [1.165, 1.54) is 6.42 Å². The highest BCUT2D eigenvalue weighted by Gasteiger charge is 2.25. The maximum absolute atomic E-state index is 12.2. The number of imidazole rings is 1. The number of hydrogen-bond acceptors (Lipinski definition) is 2. The van der Waals surface area contributed by atoms with Gasteiger partial charge in [-0.05, 0) is 25.2 Å². The number of piperidine rings is 1. The number of likely N-dealkylation sites (tertiary alicyclic amines) is 1. The minimum absolute atomic E-state index is 0.0740. The summed E-state index contributed by atoms with van der Waals surface area (Å²) in [6.45, 7) is 1.75. The maximum Gasteiger partial charge on any atom is 0.274 e. The highest BCUT2D eigenvalue weighted by Crippen LogP contribution is 2.21. The zero-order valence-corrected chi connectivity index (χ0v) is 11.7. The average Bonchev–Trinajstić information content (AvgIpc) is 2.76. The molecular formula is C12H18BrN3O. The Hall–Kier alpha value is -0.840. The molecule has 1 aliphatic heterocycles. The van der Waals surface area contributed by atoms with Gasteiger partial charge >= 0.3 is 0 Å². The normalized spacial score (nSPS) is 20.6. The Labute approximate surface area is 110 Å². The van der Waals surface area contributed by atoms with Crippen molar-refractivity contribution in [3.63, 3.8) is 0 Å². The summed E-state index contributed by atoms with van der Waals surface area (Å²) in [4.78, 5) is 18.3. The van der Waals surface area contributed by atoms with Crippen LogP contribution in [-0.2, 0) is 7.05 Å². The molecule has 1 amide bonds. The third kappa shape index (κ3) is 3.09. The molecule has 0 aromatic carbocycles. The molecule has 17 heavy (non-hydrogen) atoms. The van der Waals surface area contributed by atoms with Gasteiger partial charge in [0, 0.05) is 31.7 Å². The van der Waals surface area contributed by atoms with E-state index in [0.717, 1.165) is 31.3 Å². The Morgan fingerprint density at radius 1 is 1.65 bits per heavy atom. The lowest BCUT2D eigenvalue weighted by molar-refractivity contribution is 0.0666. The number of aryl methyl sites for hydroxylation is 1. The molecule has 0 saturated carbocycles. The van der Waals surface area contributed by atoms with Gasteiger partial charge in [0.1, 0.15) is 5.69 Å². The van der Waals surface area contributed by atoms with E-state index in [0.29, 0.717) is 11.6 Å². The van der Waals surface area contributed by atoms with E-state index in [2.05, 4.69) is 20.9 Å². The van der Waals surface area contributed by atoms with Crippen molar-refractivity contribution < 1.29 is 4.79 Å². The molecule has 4 nitrogen and oxygen atoms in total. The zero-order chi connectivity index (χ0) is 12.3. The van der Waals surface area contributed by atoms with Crippen molar-refractivity contribution in [2.24, 2.45) is 13.0 Å². The number of alkyl halides is 1. The van der Waals surface area contributed by atoms with Crippen LogP contribution in [0.4, 0.5) is 0 Å². The summed E-state index contributed by atoms with van der Waals surface area (Å²) in [5.41, 5.74) is 0.562. The van der Waals surface area contributed by atoms with E-state index >= 15 is 0 Å². The predicted octanol–water partition coefficient (Wildman–Crippen LogP) is 2.06. The molecule has 0 bridgehead atoms. The zero-order valence-electron chi connectivity index (χ0n) is 10.1. The summed E-state index contributed by atoms with van der Waals surface area (Å²) in [5.74, 6) is 0.709. The molecule has 1 aromatic heterocycles. The Morgan fingerprint density at radius 2 is 2.47 bits per heavy atom. The second kappa shape index (κ2) is 5.67. The Balaban J connectivity index is 1.99. The first-order valence-corrected chi connectivity index (χ1v) is 7.16. The monoisotopic (exact) mass is 299 g/mol. The summed E-state index contributed by atoms with van der Waals surface area (Å²) in [6, 6.07) is 0. The number of rotatable bonds is 3. The number of aromatic nitrogens is 2. The molecule has 1 saturated heterocycles. The van der Waals surface area contributed by atoms with Crippen LogP contribution in [0.15, 0.2) is 12.5 Å². The Kier molecular flexibility index (Phi) is 4.20. The second-order valence-corrected chi connectivity index (χ2v) is 5.45. The van der Waals surface area contributed by atoms with E-state index in [1.807, 2.05) is 16.5 Å². The van der Waals surface area contributed by atoms with Crippen molar-refractivity contribution in [3.05, 3.63) is 18.2 Å². The maximum atomic E-state index is 12.2. The van der Waals surface area contributed by atoms with Crippen LogP contribution in [0.1, 0.15) is 29.8 Å². The average molecular weight is 300 g/mol. The summed E-state index contributed by atoms with van der Waals surface area (Å²) in [7, 11) is 1.88. The van der Waals surface area contributed by atoms with Gasteiger partial charge < -0.3 is 9.47 Å². The number of hydrogen-bond donors (Lipinski definition) is 0. The van der Waals surface area contributed by atoms with Gasteiger partial charge in [0.15, 0.2) is 0 Å². The number of nitrogens with zero attached hydrogens (tertiary/aromatic N) is 3. The lowest BCUT2D eigenvalue weighted by Gasteiger charge is -2.32. The number of amides is 1. The third-order valence-corrected chi connectivity index (χ3v) is 3.71. The van der Waals surface area contributed by atoms with E-state index in [4.69, 9.17) is 0 Å². The van der Waals surface area contributed by atoms with E-state index in [9.17, 15) is 4.79 Å². The van der Waals surface area contributed by atoms with Crippen LogP contribution in [0.25, 0.3) is 0 Å². The van der Waals surface area contributed by atoms with E-state index in [1.54, 1.807) is 12.5 Å². The first-order valence-electron chi connectivity index (χ1n) is 6.04. The van der Waals surface area contributed by atoms with Crippen LogP contribution in [0.2, 0.25) is 0 Å². The fourth-order valence-corrected chi connectivity index (χ4v) is 2.97. The molecule has 2 heterocycles. The minimum Gasteiger partial charge on any atom is -0.340 e. The van der Waals surface area contributed by atoms with Gasteiger partial charge in [-0.1, -0.05) is 15.9 Å². The van der Waals surface area contributed by atoms with Crippen LogP contribution < -0.4 is 0 Å². The van der Waals surface area contributed by atoms with Crippen molar-refractivity contribution in [1.29, 1.82) is 0 Å². The highest BCUT2D eigenvalue weighted by molar-refractivity contribution is 9.09. The summed E-state index contributed by atoms with van der Waals surface area (Å²) in [6.07, 6.45) is 6.95. The van der Waals surface area contributed by atoms with Crippen LogP contribution in [0, 0.1) is 5.92 Å². The number of carbonyl (C=O) groups excluding carboxylic acids is 1. The van der Waals surface area contributed by atoms with E-state index in [-0.39, 0.29) is 5.91 Å². The summed E-state index contributed by atoms with van der Waals surface area (Å²) < 4.78 is 1.81. The van der Waals surface area contributed by atoms with Gasteiger partial charge in [-0.2, -0.15) is 0 Å². The molecule has 94 valence electrons. The first-order chi connectivity index (χ1) is 8.20. The molecule has 0 aliphatic carbocycles. The molecule has 1 unspecified atom stereocenters. The van der Waals surface area contributed by atoms with Gasteiger partial charge in [0.05, 0.1) is 6.33 Å². The molecule has 1 aliphatic rings. The van der Waals surface area contributed by atoms with Gasteiger partial charge in [-0.3, -0.25) is 4.79 Å². The van der Waals surface area contributed by atoms with Gasteiger partial charge in [-0.15, -0.1) is 0 Å². The van der Waals surface area contributed by atoms with Crippen molar-refractivity contribution in [2.75, 3.05) is 18.4 Å². The van der Waals surface area contributed by atoms with Crippen molar-refractivity contribution in [1.82, 2.24) is 14.5 Å². The van der Waals surface area contributed by atoms with Crippen molar-refractivity contribution in [2.45, 2.75) is 19.3 Å². The lowest BCUT2D eigenvalue weighted by Crippen LogP contribution is -2.40. The fourth-order valence-electron chi connectivity index (χ4n) is 2.32. The van der Waals surface area contributed by atoms with Crippen LogP contribution in [0.5, 0.6) is 0 Å². The van der Waals surface area contributed by atoms with Gasteiger partial charge in [0.25, 0.3) is 5.91 Å². The first kappa shape index (κ1) is 12.6. The highest BCUT2D eigenvalue weighted by atomic mass is 79.9. The Morgan fingerprint density at radius 3 is 3.12 bits per heavy atom. The topological polar surface area (TPSA) is 38.1 Å².